The summed E-state index contributed by atoms with van der Waals surface area (Å²) in [5, 5.41) is 0. The van der Waals surface area contributed by atoms with Gasteiger partial charge in [-0.2, -0.15) is 0 Å². The second-order valence-corrected chi connectivity index (χ2v) is 7.27. The highest BCUT2D eigenvalue weighted by Gasteiger charge is 2.35. The first-order valence-electron chi connectivity index (χ1n) is 7.68. The average Bonchev–Trinajstić information content (AvgIpc) is 2.64. The minimum atomic E-state index is -0.325. The smallest absolute Gasteiger partial charge is 0.224 e. The number of thioether (sulfide) groups is 1. The Morgan fingerprint density at radius 3 is 2.86 bits per heavy atom. The van der Waals surface area contributed by atoms with Gasteiger partial charge in [-0.05, 0) is 43.4 Å². The molecule has 0 bridgehead atoms. The number of amides is 1. The van der Waals surface area contributed by atoms with Crippen molar-refractivity contribution in [2.24, 2.45) is 17.6 Å². The van der Waals surface area contributed by atoms with Crippen LogP contribution in [0.3, 0.4) is 0 Å². The van der Waals surface area contributed by atoms with E-state index in [1.165, 1.54) is 19.3 Å². The number of hydrogen-bond donors (Lipinski definition) is 1. The molecule has 1 saturated carbocycles. The molecule has 3 atom stereocenters. The second-order valence-electron chi connectivity index (χ2n) is 6.21. The van der Waals surface area contributed by atoms with Gasteiger partial charge in [0.15, 0.2) is 5.78 Å². The number of primary amides is 1. The van der Waals surface area contributed by atoms with Crippen molar-refractivity contribution in [3.63, 3.8) is 0 Å². The molecule has 1 aromatic rings. The van der Waals surface area contributed by atoms with Gasteiger partial charge in [0.05, 0.1) is 5.92 Å². The Kier molecular flexibility index (Phi) is 4.07. The van der Waals surface area contributed by atoms with E-state index in [1.807, 2.05) is 25.1 Å². The summed E-state index contributed by atoms with van der Waals surface area (Å²) in [6.45, 7) is 1.81. The Hall–Kier alpha value is -1.29. The largest absolute Gasteiger partial charge is 0.369 e. The van der Waals surface area contributed by atoms with Gasteiger partial charge >= 0.3 is 0 Å². The predicted molar refractivity (Wildman–Crippen MR) is 84.6 cm³/mol. The van der Waals surface area contributed by atoms with Crippen molar-refractivity contribution in [2.75, 3.05) is 5.75 Å². The quantitative estimate of drug-likeness (QED) is 0.911. The van der Waals surface area contributed by atoms with E-state index in [2.05, 4.69) is 0 Å². The SMILES string of the molecule is C[C@H](C(N)=O)c1ccc2c(c1)SC[C@@H]1CCCC[C@H]1C2=O. The summed E-state index contributed by atoms with van der Waals surface area (Å²) in [4.78, 5) is 25.2. The molecule has 2 N–H and O–H groups in total. The van der Waals surface area contributed by atoms with Crippen LogP contribution in [0.25, 0.3) is 0 Å². The Bertz CT molecular complexity index is 584. The molecule has 1 aliphatic carbocycles. The van der Waals surface area contributed by atoms with Gasteiger partial charge in [0.1, 0.15) is 0 Å². The molecular weight excluding hydrogens is 282 g/mol. The number of carbonyl (C=O) groups is 2. The van der Waals surface area contributed by atoms with E-state index in [1.54, 1.807) is 11.8 Å². The maximum atomic E-state index is 12.8. The van der Waals surface area contributed by atoms with E-state index in [9.17, 15) is 9.59 Å². The van der Waals surface area contributed by atoms with Crippen LogP contribution < -0.4 is 5.73 Å². The Balaban J connectivity index is 1.95. The van der Waals surface area contributed by atoms with Crippen molar-refractivity contribution in [3.05, 3.63) is 29.3 Å². The van der Waals surface area contributed by atoms with Crippen LogP contribution in [0.5, 0.6) is 0 Å². The van der Waals surface area contributed by atoms with Gasteiger partial charge < -0.3 is 5.73 Å². The van der Waals surface area contributed by atoms with Crippen molar-refractivity contribution in [1.29, 1.82) is 0 Å². The Morgan fingerprint density at radius 2 is 2.10 bits per heavy atom. The van der Waals surface area contributed by atoms with E-state index < -0.39 is 0 Å². The van der Waals surface area contributed by atoms with Crippen LogP contribution in [0.15, 0.2) is 23.1 Å². The Labute approximate surface area is 129 Å². The molecule has 2 aliphatic rings. The lowest BCUT2D eigenvalue weighted by molar-refractivity contribution is -0.119. The number of benzene rings is 1. The predicted octanol–water partition coefficient (Wildman–Crippen LogP) is 3.37. The highest BCUT2D eigenvalue weighted by Crippen LogP contribution is 2.42. The fourth-order valence-corrected chi connectivity index (χ4v) is 4.78. The average molecular weight is 303 g/mol. The zero-order valence-electron chi connectivity index (χ0n) is 12.3. The molecule has 0 unspecified atom stereocenters. The van der Waals surface area contributed by atoms with Gasteiger partial charge in [-0.15, -0.1) is 11.8 Å². The van der Waals surface area contributed by atoms with Crippen molar-refractivity contribution >= 4 is 23.5 Å². The van der Waals surface area contributed by atoms with Crippen molar-refractivity contribution in [1.82, 2.24) is 0 Å². The van der Waals surface area contributed by atoms with Gasteiger partial charge in [0.25, 0.3) is 0 Å². The molecule has 0 saturated heterocycles. The molecule has 3 nitrogen and oxygen atoms in total. The summed E-state index contributed by atoms with van der Waals surface area (Å²) in [6, 6.07) is 5.77. The third kappa shape index (κ3) is 2.73. The zero-order chi connectivity index (χ0) is 15.0. The highest BCUT2D eigenvalue weighted by atomic mass is 32.2. The summed E-state index contributed by atoms with van der Waals surface area (Å²) in [5.74, 6) is 1.40. The number of rotatable bonds is 2. The maximum Gasteiger partial charge on any atom is 0.224 e. The van der Waals surface area contributed by atoms with Crippen LogP contribution in [0, 0.1) is 11.8 Å². The molecule has 1 aromatic carbocycles. The molecule has 0 spiro atoms. The van der Waals surface area contributed by atoms with Gasteiger partial charge in [-0.3, -0.25) is 9.59 Å². The van der Waals surface area contributed by atoms with Crippen LogP contribution in [-0.2, 0) is 4.79 Å². The number of hydrogen-bond acceptors (Lipinski definition) is 3. The number of carbonyl (C=O) groups excluding carboxylic acids is 2. The molecule has 3 rings (SSSR count). The summed E-state index contributed by atoms with van der Waals surface area (Å²) >= 11 is 1.77. The van der Waals surface area contributed by atoms with Gasteiger partial charge in [-0.1, -0.05) is 18.9 Å². The molecule has 0 aromatic heterocycles. The molecular formula is C17H21NO2S. The van der Waals surface area contributed by atoms with Crippen LogP contribution in [0.2, 0.25) is 0 Å². The summed E-state index contributed by atoms with van der Waals surface area (Å²) in [7, 11) is 0. The van der Waals surface area contributed by atoms with Crippen molar-refractivity contribution in [2.45, 2.75) is 43.4 Å². The van der Waals surface area contributed by atoms with E-state index >= 15 is 0 Å². The highest BCUT2D eigenvalue weighted by molar-refractivity contribution is 7.99. The minimum Gasteiger partial charge on any atom is -0.369 e. The normalized spacial score (nSPS) is 26.4. The first kappa shape index (κ1) is 14.6. The van der Waals surface area contributed by atoms with E-state index in [0.29, 0.717) is 11.7 Å². The minimum absolute atomic E-state index is 0.201. The van der Waals surface area contributed by atoms with E-state index in [0.717, 1.165) is 28.2 Å². The van der Waals surface area contributed by atoms with Crippen LogP contribution in [0.1, 0.15) is 54.4 Å². The lowest BCUT2D eigenvalue weighted by Gasteiger charge is -2.28. The maximum absolute atomic E-state index is 12.8. The lowest BCUT2D eigenvalue weighted by Crippen LogP contribution is -2.27. The molecule has 1 fully saturated rings. The molecule has 4 heteroatoms. The molecule has 1 amide bonds. The standard InChI is InChI=1S/C17H21NO2S/c1-10(17(18)20)11-6-7-14-15(8-11)21-9-12-4-2-3-5-13(12)16(14)19/h6-8,10,12-13H,2-5,9H2,1H3,(H2,18,20)/t10-,12-,13+/m0/s1. The summed E-state index contributed by atoms with van der Waals surface area (Å²) in [5.41, 5.74) is 7.14. The Morgan fingerprint density at radius 1 is 1.33 bits per heavy atom. The number of nitrogens with two attached hydrogens (primary N) is 1. The monoisotopic (exact) mass is 303 g/mol. The summed E-state index contributed by atoms with van der Waals surface area (Å²) < 4.78 is 0. The zero-order valence-corrected chi connectivity index (χ0v) is 13.1. The van der Waals surface area contributed by atoms with E-state index in [4.69, 9.17) is 5.73 Å². The molecule has 1 heterocycles. The first-order valence-corrected chi connectivity index (χ1v) is 8.66. The van der Waals surface area contributed by atoms with E-state index in [-0.39, 0.29) is 17.7 Å². The fraction of sp³-hybridized carbons (Fsp3) is 0.529. The third-order valence-corrected chi connectivity index (χ3v) is 6.14. The molecule has 112 valence electrons. The van der Waals surface area contributed by atoms with Gasteiger partial charge in [-0.25, -0.2) is 0 Å². The van der Waals surface area contributed by atoms with Gasteiger partial charge in [0, 0.05) is 22.1 Å². The van der Waals surface area contributed by atoms with Crippen molar-refractivity contribution in [3.8, 4) is 0 Å². The summed E-state index contributed by atoms with van der Waals surface area (Å²) in [6.07, 6.45) is 4.61. The molecule has 1 aliphatic heterocycles. The van der Waals surface area contributed by atoms with Gasteiger partial charge in [0.2, 0.25) is 5.91 Å². The fourth-order valence-electron chi connectivity index (χ4n) is 3.44. The van der Waals surface area contributed by atoms with Crippen LogP contribution in [0.4, 0.5) is 0 Å². The van der Waals surface area contributed by atoms with Crippen LogP contribution in [-0.4, -0.2) is 17.4 Å². The first-order chi connectivity index (χ1) is 10.1. The molecule has 0 radical (unpaired) electrons. The lowest BCUT2D eigenvalue weighted by atomic mass is 9.76. The second kappa shape index (κ2) is 5.84. The molecule has 21 heavy (non-hydrogen) atoms. The number of Topliss-reactive ketones (excluding diaryl/α,β-unsaturated/α-hetero) is 1. The third-order valence-electron chi connectivity index (χ3n) is 4.90. The topological polar surface area (TPSA) is 60.2 Å². The van der Waals surface area contributed by atoms with Crippen molar-refractivity contribution < 1.29 is 9.59 Å². The van der Waals surface area contributed by atoms with Crippen LogP contribution >= 0.6 is 11.8 Å². The number of ketones is 1. The number of fused-ring (bicyclic) bond motifs is 2.